The lowest BCUT2D eigenvalue weighted by Crippen LogP contribution is -1.83. The molecule has 1 aromatic carbocycles. The van der Waals surface area contributed by atoms with Crippen LogP contribution in [0.2, 0.25) is 0 Å². The van der Waals surface area contributed by atoms with Crippen molar-refractivity contribution in [2.45, 2.75) is 0 Å². The normalized spacial score (nSPS) is 10.0. The van der Waals surface area contributed by atoms with Crippen LogP contribution in [-0.4, -0.2) is 6.29 Å². The first-order chi connectivity index (χ1) is 6.77. The zero-order valence-corrected chi connectivity index (χ0v) is 7.77. The molecule has 0 N–H and O–H groups in total. The number of rotatable bonds is 1. The summed E-state index contributed by atoms with van der Waals surface area (Å²) in [6, 6.07) is 6.70. The van der Waals surface area contributed by atoms with E-state index in [9.17, 15) is 9.18 Å². The summed E-state index contributed by atoms with van der Waals surface area (Å²) >= 11 is 0.885. The summed E-state index contributed by atoms with van der Waals surface area (Å²) in [4.78, 5) is 10.7. The van der Waals surface area contributed by atoms with Crippen molar-refractivity contribution in [3.8, 4) is 6.07 Å². The average Bonchev–Trinajstić information content (AvgIpc) is 2.52. The predicted octanol–water partition coefficient (Wildman–Crippen LogP) is 2.72. The fraction of sp³-hybridized carbons (Fsp3) is 0. The molecule has 2 rings (SSSR count). The molecule has 0 unspecified atom stereocenters. The minimum atomic E-state index is -0.531. The second-order valence-electron chi connectivity index (χ2n) is 2.70. The third-order valence-electron chi connectivity index (χ3n) is 1.94. The molecule has 0 bridgehead atoms. The van der Waals surface area contributed by atoms with Crippen LogP contribution in [0.5, 0.6) is 0 Å². The molecule has 14 heavy (non-hydrogen) atoms. The summed E-state index contributed by atoms with van der Waals surface area (Å²) < 4.78 is 13.8. The number of hydrogen-bond acceptors (Lipinski definition) is 3. The van der Waals surface area contributed by atoms with Crippen molar-refractivity contribution in [2.75, 3.05) is 0 Å². The third kappa shape index (κ3) is 1.10. The Morgan fingerprint density at radius 2 is 2.29 bits per heavy atom. The molecule has 68 valence electrons. The molecule has 2 aromatic rings. The molecule has 0 saturated carbocycles. The highest BCUT2D eigenvalue weighted by Crippen LogP contribution is 2.31. The van der Waals surface area contributed by atoms with Gasteiger partial charge in [0.05, 0.1) is 0 Å². The molecule has 0 fully saturated rings. The maximum absolute atomic E-state index is 13.2. The van der Waals surface area contributed by atoms with Crippen molar-refractivity contribution in [3.05, 3.63) is 34.5 Å². The number of benzene rings is 1. The maximum atomic E-state index is 13.2. The Hall–Kier alpha value is -1.73. The van der Waals surface area contributed by atoms with Gasteiger partial charge in [0, 0.05) is 15.6 Å². The van der Waals surface area contributed by atoms with Gasteiger partial charge in [0.2, 0.25) is 0 Å². The van der Waals surface area contributed by atoms with E-state index in [1.807, 2.05) is 0 Å². The van der Waals surface area contributed by atoms with Gasteiger partial charge in [-0.05, 0) is 6.07 Å². The molecule has 1 heterocycles. The number of aldehydes is 1. The molecular weight excluding hydrogens is 201 g/mol. The fourth-order valence-electron chi connectivity index (χ4n) is 1.34. The molecule has 0 saturated heterocycles. The number of nitrogens with zero attached hydrogens (tertiary/aromatic N) is 1. The highest BCUT2D eigenvalue weighted by atomic mass is 32.1. The summed E-state index contributed by atoms with van der Waals surface area (Å²) in [6.45, 7) is 0. The van der Waals surface area contributed by atoms with E-state index in [0.717, 1.165) is 11.3 Å². The summed E-state index contributed by atoms with van der Waals surface area (Å²) in [5.41, 5.74) is 0.326. The van der Waals surface area contributed by atoms with Gasteiger partial charge in [-0.1, -0.05) is 12.1 Å². The molecule has 2 nitrogen and oxygen atoms in total. The van der Waals surface area contributed by atoms with E-state index in [4.69, 9.17) is 5.26 Å². The Bertz CT molecular complexity index is 553. The van der Waals surface area contributed by atoms with Gasteiger partial charge in [-0.3, -0.25) is 4.79 Å². The van der Waals surface area contributed by atoms with Gasteiger partial charge >= 0.3 is 0 Å². The van der Waals surface area contributed by atoms with E-state index in [1.165, 1.54) is 0 Å². The Morgan fingerprint density at radius 1 is 1.50 bits per heavy atom. The minimum absolute atomic E-state index is 0.0345. The van der Waals surface area contributed by atoms with E-state index in [1.54, 1.807) is 24.3 Å². The van der Waals surface area contributed by atoms with Crippen LogP contribution in [0.25, 0.3) is 10.1 Å². The largest absolute Gasteiger partial charge is 0.298 e. The van der Waals surface area contributed by atoms with Gasteiger partial charge in [-0.25, -0.2) is 0 Å². The average molecular weight is 205 g/mol. The van der Waals surface area contributed by atoms with Crippen LogP contribution in [0, 0.1) is 16.5 Å². The summed E-state index contributed by atoms with van der Waals surface area (Å²) in [5, 5.41) is 8.62. The predicted molar refractivity (Wildman–Crippen MR) is 51.9 cm³/mol. The van der Waals surface area contributed by atoms with E-state index < -0.39 is 5.13 Å². The Kier molecular flexibility index (Phi) is 2.02. The minimum Gasteiger partial charge on any atom is -0.298 e. The van der Waals surface area contributed by atoms with Crippen LogP contribution in [0.3, 0.4) is 0 Å². The van der Waals surface area contributed by atoms with Crippen LogP contribution in [0.15, 0.2) is 18.2 Å². The molecule has 0 aliphatic rings. The standard InChI is InChI=1S/C10H4FNOS/c11-10-7(4-12)9-6(5-13)2-1-3-8(9)14-10/h1-3,5H. The fourth-order valence-corrected chi connectivity index (χ4v) is 2.26. The van der Waals surface area contributed by atoms with Crippen molar-refractivity contribution < 1.29 is 9.18 Å². The number of fused-ring (bicyclic) bond motifs is 1. The number of nitriles is 1. The summed E-state index contributed by atoms with van der Waals surface area (Å²) in [7, 11) is 0. The molecule has 0 aliphatic carbocycles. The first-order valence-corrected chi connectivity index (χ1v) is 4.66. The molecule has 0 atom stereocenters. The number of halogens is 1. The van der Waals surface area contributed by atoms with Gasteiger partial charge < -0.3 is 0 Å². The first-order valence-electron chi connectivity index (χ1n) is 3.84. The van der Waals surface area contributed by atoms with E-state index >= 15 is 0 Å². The second kappa shape index (κ2) is 3.20. The van der Waals surface area contributed by atoms with Crippen molar-refractivity contribution >= 4 is 27.7 Å². The second-order valence-corrected chi connectivity index (χ2v) is 3.70. The molecule has 0 spiro atoms. The SMILES string of the molecule is N#Cc1c(F)sc2cccc(C=O)c12. The maximum Gasteiger partial charge on any atom is 0.195 e. The molecular formula is C10H4FNOS. The van der Waals surface area contributed by atoms with Crippen molar-refractivity contribution in [3.63, 3.8) is 0 Å². The van der Waals surface area contributed by atoms with Crippen LogP contribution in [0.4, 0.5) is 4.39 Å². The first kappa shape index (κ1) is 8.85. The monoisotopic (exact) mass is 205 g/mol. The van der Waals surface area contributed by atoms with Crippen molar-refractivity contribution in [1.29, 1.82) is 5.26 Å². The van der Waals surface area contributed by atoms with Gasteiger partial charge in [0.25, 0.3) is 0 Å². The smallest absolute Gasteiger partial charge is 0.195 e. The lowest BCUT2D eigenvalue weighted by atomic mass is 10.1. The molecule has 1 aromatic heterocycles. The van der Waals surface area contributed by atoms with E-state index in [0.29, 0.717) is 21.9 Å². The number of carbonyl (C=O) groups excluding carboxylic acids is 1. The van der Waals surface area contributed by atoms with E-state index in [-0.39, 0.29) is 5.56 Å². The quantitative estimate of drug-likeness (QED) is 0.671. The van der Waals surface area contributed by atoms with Gasteiger partial charge in [-0.15, -0.1) is 11.3 Å². The van der Waals surface area contributed by atoms with Crippen molar-refractivity contribution in [2.24, 2.45) is 0 Å². The van der Waals surface area contributed by atoms with Crippen LogP contribution < -0.4 is 0 Å². The summed E-state index contributed by atoms with van der Waals surface area (Å²) in [5.74, 6) is 0. The van der Waals surface area contributed by atoms with Gasteiger partial charge in [0.15, 0.2) is 11.4 Å². The topological polar surface area (TPSA) is 40.9 Å². The van der Waals surface area contributed by atoms with Crippen molar-refractivity contribution in [1.82, 2.24) is 0 Å². The summed E-state index contributed by atoms with van der Waals surface area (Å²) in [6.07, 6.45) is 0.634. The number of hydrogen-bond donors (Lipinski definition) is 0. The van der Waals surface area contributed by atoms with Crippen LogP contribution in [0.1, 0.15) is 15.9 Å². The lowest BCUT2D eigenvalue weighted by Gasteiger charge is -1.92. The highest BCUT2D eigenvalue weighted by molar-refractivity contribution is 7.17. The zero-order valence-electron chi connectivity index (χ0n) is 6.95. The Labute approximate surface area is 83.2 Å². The van der Waals surface area contributed by atoms with E-state index in [2.05, 4.69) is 0 Å². The molecule has 0 amide bonds. The van der Waals surface area contributed by atoms with Gasteiger partial charge in [0.1, 0.15) is 11.6 Å². The Morgan fingerprint density at radius 3 is 2.93 bits per heavy atom. The molecule has 4 heteroatoms. The highest BCUT2D eigenvalue weighted by Gasteiger charge is 2.14. The lowest BCUT2D eigenvalue weighted by molar-refractivity contribution is 0.112. The molecule has 0 radical (unpaired) electrons. The number of carbonyl (C=O) groups is 1. The van der Waals surface area contributed by atoms with Crippen LogP contribution in [-0.2, 0) is 0 Å². The molecule has 0 aliphatic heterocycles. The third-order valence-corrected chi connectivity index (χ3v) is 2.89. The van der Waals surface area contributed by atoms with Gasteiger partial charge in [-0.2, -0.15) is 9.65 Å². The zero-order chi connectivity index (χ0) is 10.1. The van der Waals surface area contributed by atoms with Crippen LogP contribution >= 0.6 is 11.3 Å². The Balaban J connectivity index is 2.98. The number of thiophene rings is 1.